The summed E-state index contributed by atoms with van der Waals surface area (Å²) in [5.74, 6) is 0.0221. The molecule has 4 heteroatoms. The Hall–Kier alpha value is -1.39. The summed E-state index contributed by atoms with van der Waals surface area (Å²) in [5, 5.41) is 4.61. The number of carbonyl (C=O) groups is 1. The zero-order valence-corrected chi connectivity index (χ0v) is 10.1. The van der Waals surface area contributed by atoms with E-state index in [0.29, 0.717) is 6.54 Å². The van der Waals surface area contributed by atoms with Crippen LogP contribution in [0.4, 0.5) is 0 Å². The van der Waals surface area contributed by atoms with Crippen molar-refractivity contribution in [2.45, 2.75) is 25.4 Å². The fraction of sp³-hybridized carbons (Fsp3) is 0.462. The summed E-state index contributed by atoms with van der Waals surface area (Å²) >= 11 is 0. The molecule has 1 saturated heterocycles. The maximum Gasteiger partial charge on any atom is 0.263 e. The first kappa shape index (κ1) is 12.1. The third kappa shape index (κ3) is 3.05. The Kier molecular flexibility index (Phi) is 4.12. The van der Waals surface area contributed by atoms with Crippen molar-refractivity contribution in [3.8, 4) is 0 Å². The van der Waals surface area contributed by atoms with Crippen molar-refractivity contribution in [3.05, 3.63) is 35.9 Å². The highest BCUT2D eigenvalue weighted by Gasteiger charge is 2.27. The first-order valence-corrected chi connectivity index (χ1v) is 5.94. The third-order valence-corrected chi connectivity index (χ3v) is 2.99. The Morgan fingerprint density at radius 1 is 1.47 bits per heavy atom. The first-order chi connectivity index (χ1) is 8.31. The monoisotopic (exact) mass is 234 g/mol. The lowest BCUT2D eigenvalue weighted by Crippen LogP contribution is -2.42. The molecule has 1 atom stereocenters. The van der Waals surface area contributed by atoms with Crippen molar-refractivity contribution in [2.24, 2.45) is 0 Å². The van der Waals surface area contributed by atoms with Gasteiger partial charge in [0.15, 0.2) is 0 Å². The van der Waals surface area contributed by atoms with Crippen LogP contribution in [0.2, 0.25) is 0 Å². The summed E-state index contributed by atoms with van der Waals surface area (Å²) in [5.41, 5.74) is 1.07. The average molecular weight is 234 g/mol. The Morgan fingerprint density at radius 2 is 2.24 bits per heavy atom. The molecule has 1 fully saturated rings. The lowest BCUT2D eigenvalue weighted by atomic mass is 10.2. The Balaban J connectivity index is 1.98. The number of hydroxylamine groups is 2. The van der Waals surface area contributed by atoms with E-state index in [4.69, 9.17) is 4.84 Å². The molecule has 0 spiro atoms. The van der Waals surface area contributed by atoms with Gasteiger partial charge in [0.2, 0.25) is 0 Å². The zero-order valence-electron chi connectivity index (χ0n) is 10.1. The molecule has 2 rings (SSSR count). The van der Waals surface area contributed by atoms with Gasteiger partial charge in [-0.25, -0.2) is 5.06 Å². The first-order valence-electron chi connectivity index (χ1n) is 5.94. The van der Waals surface area contributed by atoms with Gasteiger partial charge in [-0.3, -0.25) is 9.63 Å². The predicted octanol–water partition coefficient (Wildman–Crippen LogP) is 1.33. The molecule has 0 aromatic heterocycles. The number of hydrogen-bond donors (Lipinski definition) is 1. The highest BCUT2D eigenvalue weighted by Crippen LogP contribution is 2.11. The number of nitrogens with one attached hydrogen (secondary N) is 1. The second-order valence-corrected chi connectivity index (χ2v) is 4.19. The van der Waals surface area contributed by atoms with Gasteiger partial charge in [0.05, 0.1) is 19.7 Å². The summed E-state index contributed by atoms with van der Waals surface area (Å²) < 4.78 is 0. The number of nitrogens with zero attached hydrogens (tertiary/aromatic N) is 1. The largest absolute Gasteiger partial charge is 0.306 e. The highest BCUT2D eigenvalue weighted by atomic mass is 16.7. The standard InChI is InChI=1S/C13H18N2O2/c1-17-15(10-11-6-3-2-4-7-11)13(16)12-8-5-9-14-12/h2-4,6-7,12,14H,5,8-10H2,1H3/t12-/m0/s1. The van der Waals surface area contributed by atoms with Crippen molar-refractivity contribution >= 4 is 5.91 Å². The van der Waals surface area contributed by atoms with Gasteiger partial charge >= 0.3 is 0 Å². The number of carbonyl (C=O) groups excluding carboxylic acids is 1. The van der Waals surface area contributed by atoms with Crippen LogP contribution in [0.3, 0.4) is 0 Å². The SMILES string of the molecule is CON(Cc1ccccc1)C(=O)[C@@H]1CCCN1. The Labute approximate surface area is 102 Å². The van der Waals surface area contributed by atoms with Gasteiger partial charge in [-0.1, -0.05) is 30.3 Å². The molecule has 0 bridgehead atoms. The number of rotatable bonds is 4. The zero-order chi connectivity index (χ0) is 12.1. The molecule has 17 heavy (non-hydrogen) atoms. The molecule has 1 aromatic rings. The van der Waals surface area contributed by atoms with Gasteiger partial charge in [0, 0.05) is 0 Å². The van der Waals surface area contributed by atoms with Crippen LogP contribution in [0.15, 0.2) is 30.3 Å². The molecule has 0 saturated carbocycles. The van der Waals surface area contributed by atoms with Crippen LogP contribution >= 0.6 is 0 Å². The maximum atomic E-state index is 12.1. The number of amides is 1. The van der Waals surface area contributed by atoms with Crippen molar-refractivity contribution in [2.75, 3.05) is 13.7 Å². The fourth-order valence-corrected chi connectivity index (χ4v) is 2.05. The van der Waals surface area contributed by atoms with E-state index in [1.54, 1.807) is 0 Å². The molecule has 1 aliphatic rings. The smallest absolute Gasteiger partial charge is 0.263 e. The number of benzene rings is 1. The van der Waals surface area contributed by atoms with Crippen molar-refractivity contribution < 1.29 is 9.63 Å². The Morgan fingerprint density at radius 3 is 2.82 bits per heavy atom. The summed E-state index contributed by atoms with van der Waals surface area (Å²) in [4.78, 5) is 17.3. The topological polar surface area (TPSA) is 41.6 Å². The van der Waals surface area contributed by atoms with Crippen LogP contribution in [0.1, 0.15) is 18.4 Å². The van der Waals surface area contributed by atoms with Crippen LogP contribution in [0.25, 0.3) is 0 Å². The fourth-order valence-electron chi connectivity index (χ4n) is 2.05. The molecule has 0 aliphatic carbocycles. The van der Waals surface area contributed by atoms with E-state index in [1.165, 1.54) is 12.2 Å². The molecular formula is C13H18N2O2. The third-order valence-electron chi connectivity index (χ3n) is 2.99. The van der Waals surface area contributed by atoms with Crippen molar-refractivity contribution in [1.29, 1.82) is 0 Å². The van der Waals surface area contributed by atoms with E-state index >= 15 is 0 Å². The highest BCUT2D eigenvalue weighted by molar-refractivity contribution is 5.81. The van der Waals surface area contributed by atoms with Gasteiger partial charge in [-0.15, -0.1) is 0 Å². The summed E-state index contributed by atoms with van der Waals surface area (Å²) in [7, 11) is 1.54. The molecule has 92 valence electrons. The minimum Gasteiger partial charge on any atom is -0.306 e. The molecule has 1 aromatic carbocycles. The van der Waals surface area contributed by atoms with Gasteiger partial charge in [0.1, 0.15) is 0 Å². The lowest BCUT2D eigenvalue weighted by molar-refractivity contribution is -0.181. The molecule has 1 aliphatic heterocycles. The molecule has 1 amide bonds. The molecule has 0 unspecified atom stereocenters. The van der Waals surface area contributed by atoms with E-state index in [2.05, 4.69) is 5.32 Å². The quantitative estimate of drug-likeness (QED) is 0.799. The van der Waals surface area contributed by atoms with E-state index in [-0.39, 0.29) is 11.9 Å². The normalized spacial score (nSPS) is 19.2. The maximum absolute atomic E-state index is 12.1. The molecule has 1 heterocycles. The molecule has 0 radical (unpaired) electrons. The molecular weight excluding hydrogens is 216 g/mol. The second-order valence-electron chi connectivity index (χ2n) is 4.19. The minimum atomic E-state index is -0.0846. The van der Waals surface area contributed by atoms with Gasteiger partial charge in [-0.05, 0) is 24.9 Å². The average Bonchev–Trinajstić information content (AvgIpc) is 2.90. The van der Waals surface area contributed by atoms with Crippen LogP contribution in [0.5, 0.6) is 0 Å². The van der Waals surface area contributed by atoms with Gasteiger partial charge < -0.3 is 5.32 Å². The van der Waals surface area contributed by atoms with Gasteiger partial charge in [0.25, 0.3) is 5.91 Å². The summed E-state index contributed by atoms with van der Waals surface area (Å²) in [6.45, 7) is 1.41. The van der Waals surface area contributed by atoms with Crippen LogP contribution in [-0.4, -0.2) is 30.7 Å². The van der Waals surface area contributed by atoms with Crippen molar-refractivity contribution in [1.82, 2.24) is 10.4 Å². The molecule has 1 N–H and O–H groups in total. The van der Waals surface area contributed by atoms with E-state index in [0.717, 1.165) is 24.9 Å². The summed E-state index contributed by atoms with van der Waals surface area (Å²) in [6.07, 6.45) is 1.95. The van der Waals surface area contributed by atoms with Crippen LogP contribution in [0, 0.1) is 0 Å². The van der Waals surface area contributed by atoms with Crippen molar-refractivity contribution in [3.63, 3.8) is 0 Å². The van der Waals surface area contributed by atoms with Crippen LogP contribution < -0.4 is 5.32 Å². The lowest BCUT2D eigenvalue weighted by Gasteiger charge is -2.23. The predicted molar refractivity (Wildman–Crippen MR) is 65.0 cm³/mol. The summed E-state index contributed by atoms with van der Waals surface area (Å²) in [6, 6.07) is 9.77. The van der Waals surface area contributed by atoms with Crippen LogP contribution in [-0.2, 0) is 16.2 Å². The van der Waals surface area contributed by atoms with E-state index in [9.17, 15) is 4.79 Å². The van der Waals surface area contributed by atoms with E-state index < -0.39 is 0 Å². The minimum absolute atomic E-state index is 0.0221. The van der Waals surface area contributed by atoms with E-state index in [1.807, 2.05) is 30.3 Å². The second kappa shape index (κ2) is 5.80. The molecule has 4 nitrogen and oxygen atoms in total. The number of hydrogen-bond acceptors (Lipinski definition) is 3. The Bertz CT molecular complexity index is 361. The van der Waals surface area contributed by atoms with Gasteiger partial charge in [-0.2, -0.15) is 0 Å².